The Morgan fingerprint density at radius 3 is 2.71 bits per heavy atom. The average Bonchev–Trinajstić information content (AvgIpc) is 3.56. The maximum Gasteiger partial charge on any atom is 0.251 e. The summed E-state index contributed by atoms with van der Waals surface area (Å²) in [6.07, 6.45) is 5.38. The van der Waals surface area contributed by atoms with Gasteiger partial charge in [0.2, 0.25) is 0 Å². The second-order valence-corrected chi connectivity index (χ2v) is 8.93. The van der Waals surface area contributed by atoms with Crippen molar-refractivity contribution in [1.82, 2.24) is 14.8 Å². The Labute approximate surface area is 199 Å². The smallest absolute Gasteiger partial charge is 0.251 e. The van der Waals surface area contributed by atoms with E-state index >= 15 is 0 Å². The van der Waals surface area contributed by atoms with Crippen LogP contribution in [-0.4, -0.2) is 37.1 Å². The summed E-state index contributed by atoms with van der Waals surface area (Å²) in [5.74, 6) is -1.01. The topological polar surface area (TPSA) is 143 Å². The molecular weight excluding hydrogens is 452 g/mol. The summed E-state index contributed by atoms with van der Waals surface area (Å²) in [4.78, 5) is 29.2. The van der Waals surface area contributed by atoms with E-state index in [2.05, 4.69) is 10.1 Å². The Morgan fingerprint density at radius 2 is 2.03 bits per heavy atom. The molecule has 1 aliphatic rings. The van der Waals surface area contributed by atoms with Crippen molar-refractivity contribution in [2.24, 2.45) is 18.5 Å². The number of primary amides is 2. The molecule has 5 rings (SSSR count). The van der Waals surface area contributed by atoms with Crippen LogP contribution in [-0.2, 0) is 18.4 Å². The van der Waals surface area contributed by atoms with Crippen LogP contribution in [0.2, 0.25) is 0 Å². The number of anilines is 1. The Morgan fingerprint density at radius 1 is 1.21 bits per heavy atom. The second-order valence-electron chi connectivity index (χ2n) is 7.94. The maximum atomic E-state index is 12.1. The molecule has 2 amide bonds. The number of amides is 2. The first-order chi connectivity index (χ1) is 16.4. The van der Waals surface area contributed by atoms with E-state index in [0.717, 1.165) is 27.8 Å². The number of nitrogens with one attached hydrogen (secondary N) is 1. The Hall–Kier alpha value is -4.02. The van der Waals surface area contributed by atoms with Gasteiger partial charge in [-0.3, -0.25) is 14.3 Å². The number of carbonyl (C=O) groups is 2. The number of H-pyrrole nitrogens is 1. The fourth-order valence-corrected chi connectivity index (χ4v) is 5.14. The molecular formula is C24H22N6O3S. The van der Waals surface area contributed by atoms with Gasteiger partial charge >= 0.3 is 0 Å². The van der Waals surface area contributed by atoms with Crippen LogP contribution in [0.4, 0.5) is 5.69 Å². The standard InChI is InChI=1S/C24H22N6O3S/c1-29-11-13(10-27-29)19-9-17-15(5-6-16(22(25)32)21(17)28-19)14-3-2-4-20(18(14)12-31)30-7-8-34-24(30)23(26)33/h2-11,24,28,31H,12H2,1H3,(H2,25,32)(H2,26,33). The third-order valence-corrected chi connectivity index (χ3v) is 6.87. The number of aryl methyl sites for hydroxylation is 1. The number of thioether (sulfide) groups is 1. The minimum absolute atomic E-state index is 0.259. The number of nitrogens with two attached hydrogens (primary N) is 2. The average molecular weight is 475 g/mol. The van der Waals surface area contributed by atoms with Crippen molar-refractivity contribution in [3.63, 3.8) is 0 Å². The number of aromatic nitrogens is 3. The quantitative estimate of drug-likeness (QED) is 0.338. The summed E-state index contributed by atoms with van der Waals surface area (Å²) < 4.78 is 1.70. The summed E-state index contributed by atoms with van der Waals surface area (Å²) in [7, 11) is 1.83. The van der Waals surface area contributed by atoms with Crippen LogP contribution in [0, 0.1) is 0 Å². The molecule has 2 aromatic carbocycles. The molecule has 0 fully saturated rings. The van der Waals surface area contributed by atoms with Crippen molar-refractivity contribution in [2.45, 2.75) is 12.0 Å². The SMILES string of the molecule is Cn1cc(-c2cc3c(-c4cccc(N5C=CSC5C(N)=O)c4CO)ccc(C(N)=O)c3[nH]2)cn1. The molecule has 1 aliphatic heterocycles. The van der Waals surface area contributed by atoms with Gasteiger partial charge in [0.05, 0.1) is 23.9 Å². The van der Waals surface area contributed by atoms with Crippen LogP contribution < -0.4 is 16.4 Å². The van der Waals surface area contributed by atoms with Gasteiger partial charge < -0.3 is 26.5 Å². The third-order valence-electron chi connectivity index (χ3n) is 5.88. The number of aliphatic hydroxyl groups is 1. The predicted octanol–water partition coefficient (Wildman–Crippen LogP) is 2.66. The van der Waals surface area contributed by atoms with Gasteiger partial charge in [-0.15, -0.1) is 0 Å². The summed E-state index contributed by atoms with van der Waals surface area (Å²) in [5, 5.41) is 16.6. The second kappa shape index (κ2) is 8.40. The minimum Gasteiger partial charge on any atom is -0.392 e. The summed E-state index contributed by atoms with van der Waals surface area (Å²) in [6.45, 7) is -0.259. The first-order valence-corrected chi connectivity index (χ1v) is 11.4. The van der Waals surface area contributed by atoms with E-state index in [9.17, 15) is 14.7 Å². The lowest BCUT2D eigenvalue weighted by atomic mass is 9.94. The Balaban J connectivity index is 1.73. The lowest BCUT2D eigenvalue weighted by Crippen LogP contribution is -2.37. The van der Waals surface area contributed by atoms with Gasteiger partial charge in [0.25, 0.3) is 11.8 Å². The van der Waals surface area contributed by atoms with Gasteiger partial charge in [-0.1, -0.05) is 30.0 Å². The molecule has 0 bridgehead atoms. The molecule has 10 heteroatoms. The number of hydrogen-bond donors (Lipinski definition) is 4. The lowest BCUT2D eigenvalue weighted by Gasteiger charge is -2.26. The molecule has 1 unspecified atom stereocenters. The molecule has 2 aromatic heterocycles. The van der Waals surface area contributed by atoms with Gasteiger partial charge in [0.15, 0.2) is 5.37 Å². The van der Waals surface area contributed by atoms with Crippen LogP contribution in [0.25, 0.3) is 33.3 Å². The number of fused-ring (bicyclic) bond motifs is 1. The Kier molecular flexibility index (Phi) is 5.39. The van der Waals surface area contributed by atoms with E-state index < -0.39 is 17.2 Å². The largest absolute Gasteiger partial charge is 0.392 e. The van der Waals surface area contributed by atoms with Crippen LogP contribution in [0.1, 0.15) is 15.9 Å². The Bertz CT molecular complexity index is 1470. The normalized spacial score (nSPS) is 15.4. The number of carbonyl (C=O) groups excluding carboxylic acids is 2. The highest BCUT2D eigenvalue weighted by Gasteiger charge is 2.29. The zero-order chi connectivity index (χ0) is 24.0. The predicted molar refractivity (Wildman–Crippen MR) is 133 cm³/mol. The van der Waals surface area contributed by atoms with Gasteiger partial charge in [0.1, 0.15) is 0 Å². The minimum atomic E-state index is -0.595. The molecule has 0 aliphatic carbocycles. The number of aromatic amines is 1. The van der Waals surface area contributed by atoms with Gasteiger partial charge in [0, 0.05) is 47.3 Å². The van der Waals surface area contributed by atoms with Crippen molar-refractivity contribution in [2.75, 3.05) is 4.90 Å². The highest BCUT2D eigenvalue weighted by molar-refractivity contribution is 8.03. The van der Waals surface area contributed by atoms with Crippen LogP contribution in [0.3, 0.4) is 0 Å². The van der Waals surface area contributed by atoms with Crippen LogP contribution in [0.5, 0.6) is 0 Å². The van der Waals surface area contributed by atoms with Gasteiger partial charge in [-0.05, 0) is 34.7 Å². The number of benzene rings is 2. The highest BCUT2D eigenvalue weighted by Crippen LogP contribution is 2.40. The van der Waals surface area contributed by atoms with E-state index in [1.807, 2.05) is 43.6 Å². The van der Waals surface area contributed by atoms with E-state index in [1.165, 1.54) is 11.8 Å². The molecule has 6 N–H and O–H groups in total. The molecule has 9 nitrogen and oxygen atoms in total. The molecule has 0 radical (unpaired) electrons. The van der Waals surface area contributed by atoms with Gasteiger partial charge in [-0.2, -0.15) is 5.10 Å². The number of rotatable bonds is 6. The molecule has 0 saturated carbocycles. The van der Waals surface area contributed by atoms with Crippen molar-refractivity contribution in [3.05, 3.63) is 71.5 Å². The van der Waals surface area contributed by atoms with E-state index in [0.29, 0.717) is 22.3 Å². The first-order valence-electron chi connectivity index (χ1n) is 10.5. The van der Waals surface area contributed by atoms with Gasteiger partial charge in [-0.25, -0.2) is 0 Å². The van der Waals surface area contributed by atoms with Crippen molar-refractivity contribution >= 4 is 40.2 Å². The molecule has 0 spiro atoms. The fourth-order valence-electron chi connectivity index (χ4n) is 4.34. The molecule has 172 valence electrons. The number of hydrogen-bond acceptors (Lipinski definition) is 6. The summed E-state index contributed by atoms with van der Waals surface area (Å²) in [6, 6.07) is 11.0. The zero-order valence-electron chi connectivity index (χ0n) is 18.2. The fraction of sp³-hybridized carbons (Fsp3) is 0.125. The summed E-state index contributed by atoms with van der Waals surface area (Å²) in [5.41, 5.74) is 16.7. The zero-order valence-corrected chi connectivity index (χ0v) is 19.0. The lowest BCUT2D eigenvalue weighted by molar-refractivity contribution is -0.117. The maximum absolute atomic E-state index is 12.1. The van der Waals surface area contributed by atoms with Crippen LogP contribution in [0.15, 0.2) is 60.4 Å². The monoisotopic (exact) mass is 474 g/mol. The molecule has 4 aromatic rings. The first kappa shape index (κ1) is 21.8. The molecule has 0 saturated heterocycles. The molecule has 3 heterocycles. The van der Waals surface area contributed by atoms with E-state index in [-0.39, 0.29) is 6.61 Å². The van der Waals surface area contributed by atoms with Crippen LogP contribution >= 0.6 is 11.8 Å². The third kappa shape index (κ3) is 3.53. The summed E-state index contributed by atoms with van der Waals surface area (Å²) >= 11 is 1.31. The van der Waals surface area contributed by atoms with Crippen molar-refractivity contribution in [3.8, 4) is 22.4 Å². The van der Waals surface area contributed by atoms with Crippen molar-refractivity contribution < 1.29 is 14.7 Å². The molecule has 34 heavy (non-hydrogen) atoms. The number of aliphatic hydroxyl groups excluding tert-OH is 1. The van der Waals surface area contributed by atoms with E-state index in [1.54, 1.807) is 33.5 Å². The molecule has 1 atom stereocenters. The van der Waals surface area contributed by atoms with Crippen molar-refractivity contribution in [1.29, 1.82) is 0 Å². The highest BCUT2D eigenvalue weighted by atomic mass is 32.2. The van der Waals surface area contributed by atoms with E-state index in [4.69, 9.17) is 11.5 Å². The number of nitrogens with zero attached hydrogens (tertiary/aromatic N) is 3.